The van der Waals surface area contributed by atoms with E-state index < -0.39 is 0 Å². The van der Waals surface area contributed by atoms with E-state index in [9.17, 15) is 4.79 Å². The van der Waals surface area contributed by atoms with Gasteiger partial charge in [0.25, 0.3) is 0 Å². The first-order valence-corrected chi connectivity index (χ1v) is 5.31. The van der Waals surface area contributed by atoms with Crippen LogP contribution >= 0.6 is 0 Å². The van der Waals surface area contributed by atoms with Crippen LogP contribution in [0.1, 0.15) is 19.1 Å². The van der Waals surface area contributed by atoms with Crippen molar-refractivity contribution >= 4 is 5.91 Å². The molecule has 1 aromatic rings. The summed E-state index contributed by atoms with van der Waals surface area (Å²) in [6.45, 7) is 3.49. The second kappa shape index (κ2) is 4.49. The molecule has 1 aliphatic heterocycles. The minimum Gasteiger partial charge on any atom is -0.467 e. The van der Waals surface area contributed by atoms with E-state index in [0.29, 0.717) is 12.5 Å². The van der Waals surface area contributed by atoms with Gasteiger partial charge in [-0.05, 0) is 31.0 Å². The van der Waals surface area contributed by atoms with E-state index in [2.05, 4.69) is 17.6 Å². The van der Waals surface area contributed by atoms with Crippen molar-refractivity contribution in [2.24, 2.45) is 5.92 Å². The first-order chi connectivity index (χ1) is 7.27. The molecule has 1 saturated heterocycles. The predicted molar refractivity (Wildman–Crippen MR) is 56.1 cm³/mol. The van der Waals surface area contributed by atoms with E-state index in [1.54, 1.807) is 6.26 Å². The lowest BCUT2D eigenvalue weighted by Gasteiger charge is -2.14. The lowest BCUT2D eigenvalue weighted by atomic mass is 10.0. The number of furan rings is 1. The number of nitrogens with one attached hydrogen (secondary N) is 2. The lowest BCUT2D eigenvalue weighted by molar-refractivity contribution is -0.123. The van der Waals surface area contributed by atoms with Gasteiger partial charge in [0.15, 0.2) is 0 Å². The fourth-order valence-electron chi connectivity index (χ4n) is 1.88. The van der Waals surface area contributed by atoms with Crippen LogP contribution < -0.4 is 10.6 Å². The van der Waals surface area contributed by atoms with Gasteiger partial charge >= 0.3 is 0 Å². The van der Waals surface area contributed by atoms with Crippen LogP contribution in [0.15, 0.2) is 22.8 Å². The monoisotopic (exact) mass is 208 g/mol. The summed E-state index contributed by atoms with van der Waals surface area (Å²) >= 11 is 0. The van der Waals surface area contributed by atoms with Crippen molar-refractivity contribution in [2.75, 3.05) is 6.54 Å². The van der Waals surface area contributed by atoms with Crippen LogP contribution in [0.25, 0.3) is 0 Å². The van der Waals surface area contributed by atoms with Crippen molar-refractivity contribution in [3.8, 4) is 0 Å². The van der Waals surface area contributed by atoms with Gasteiger partial charge in [0, 0.05) is 0 Å². The number of hydrogen-bond donors (Lipinski definition) is 2. The maximum absolute atomic E-state index is 11.7. The van der Waals surface area contributed by atoms with Crippen LogP contribution in [-0.4, -0.2) is 18.5 Å². The van der Waals surface area contributed by atoms with E-state index in [1.807, 2.05) is 12.1 Å². The molecule has 0 spiro atoms. The molecule has 1 fully saturated rings. The molecule has 1 aromatic heterocycles. The third kappa shape index (κ3) is 2.39. The Kier molecular flexibility index (Phi) is 3.06. The molecular weight excluding hydrogens is 192 g/mol. The minimum atomic E-state index is -0.0417. The fraction of sp³-hybridized carbons (Fsp3) is 0.545. The zero-order valence-corrected chi connectivity index (χ0v) is 8.82. The van der Waals surface area contributed by atoms with Gasteiger partial charge < -0.3 is 15.1 Å². The molecule has 4 nitrogen and oxygen atoms in total. The highest BCUT2D eigenvalue weighted by Gasteiger charge is 2.28. The van der Waals surface area contributed by atoms with Crippen LogP contribution in [0.3, 0.4) is 0 Å². The standard InChI is InChI=1S/C11H16N2O2/c1-8-4-5-12-10(8)11(14)13-7-9-3-2-6-15-9/h2-3,6,8,10,12H,4-5,7H2,1H3,(H,13,14). The van der Waals surface area contributed by atoms with Gasteiger partial charge in [0.05, 0.1) is 18.8 Å². The van der Waals surface area contributed by atoms with Crippen LogP contribution in [0, 0.1) is 5.92 Å². The summed E-state index contributed by atoms with van der Waals surface area (Å²) in [5, 5.41) is 6.06. The van der Waals surface area contributed by atoms with Crippen LogP contribution in [0.4, 0.5) is 0 Å². The van der Waals surface area contributed by atoms with Crippen LogP contribution in [0.5, 0.6) is 0 Å². The Morgan fingerprint density at radius 2 is 2.60 bits per heavy atom. The highest BCUT2D eigenvalue weighted by atomic mass is 16.3. The molecule has 2 heterocycles. The Morgan fingerprint density at radius 1 is 1.73 bits per heavy atom. The third-order valence-electron chi connectivity index (χ3n) is 2.83. The highest BCUT2D eigenvalue weighted by Crippen LogP contribution is 2.14. The zero-order valence-electron chi connectivity index (χ0n) is 8.82. The Morgan fingerprint density at radius 3 is 3.20 bits per heavy atom. The summed E-state index contributed by atoms with van der Waals surface area (Å²) < 4.78 is 5.14. The first kappa shape index (κ1) is 10.2. The van der Waals surface area contributed by atoms with E-state index in [1.165, 1.54) is 0 Å². The largest absolute Gasteiger partial charge is 0.467 e. The van der Waals surface area contributed by atoms with Gasteiger partial charge in [-0.15, -0.1) is 0 Å². The van der Waals surface area contributed by atoms with Gasteiger partial charge in [-0.3, -0.25) is 4.79 Å². The average Bonchev–Trinajstić information content (AvgIpc) is 2.84. The topological polar surface area (TPSA) is 54.3 Å². The molecule has 4 heteroatoms. The quantitative estimate of drug-likeness (QED) is 0.775. The second-order valence-corrected chi connectivity index (χ2v) is 3.99. The molecule has 2 N–H and O–H groups in total. The molecule has 2 atom stereocenters. The smallest absolute Gasteiger partial charge is 0.237 e. The number of hydrogen-bond acceptors (Lipinski definition) is 3. The molecule has 0 aliphatic carbocycles. The van der Waals surface area contributed by atoms with E-state index >= 15 is 0 Å². The molecule has 2 rings (SSSR count). The van der Waals surface area contributed by atoms with Crippen molar-refractivity contribution in [1.82, 2.24) is 10.6 Å². The molecule has 1 aliphatic rings. The third-order valence-corrected chi connectivity index (χ3v) is 2.83. The summed E-state index contributed by atoms with van der Waals surface area (Å²) in [4.78, 5) is 11.7. The van der Waals surface area contributed by atoms with Crippen molar-refractivity contribution in [3.05, 3.63) is 24.2 Å². The fourth-order valence-corrected chi connectivity index (χ4v) is 1.88. The maximum Gasteiger partial charge on any atom is 0.237 e. The van der Waals surface area contributed by atoms with Gasteiger partial charge in [0.1, 0.15) is 5.76 Å². The van der Waals surface area contributed by atoms with E-state index in [4.69, 9.17) is 4.42 Å². The van der Waals surface area contributed by atoms with Gasteiger partial charge in [-0.2, -0.15) is 0 Å². The number of amides is 1. The van der Waals surface area contributed by atoms with Gasteiger partial charge in [-0.25, -0.2) is 0 Å². The summed E-state index contributed by atoms with van der Waals surface area (Å²) in [5.41, 5.74) is 0. The molecule has 2 unspecified atom stereocenters. The molecular formula is C11H16N2O2. The molecule has 15 heavy (non-hydrogen) atoms. The SMILES string of the molecule is CC1CCNC1C(=O)NCc1ccco1. The second-order valence-electron chi connectivity index (χ2n) is 3.99. The predicted octanol–water partition coefficient (Wildman–Crippen LogP) is 0.894. The normalized spacial score (nSPS) is 25.4. The van der Waals surface area contributed by atoms with Crippen LogP contribution in [0.2, 0.25) is 0 Å². The molecule has 0 bridgehead atoms. The van der Waals surface area contributed by atoms with Crippen molar-refractivity contribution in [2.45, 2.75) is 25.9 Å². The Labute approximate surface area is 89.0 Å². The van der Waals surface area contributed by atoms with Crippen molar-refractivity contribution in [1.29, 1.82) is 0 Å². The lowest BCUT2D eigenvalue weighted by Crippen LogP contribution is -2.42. The number of carbonyl (C=O) groups excluding carboxylic acids is 1. The van der Waals surface area contributed by atoms with E-state index in [0.717, 1.165) is 18.7 Å². The number of carbonyl (C=O) groups is 1. The summed E-state index contributed by atoms with van der Waals surface area (Å²) in [6, 6.07) is 3.63. The highest BCUT2D eigenvalue weighted by molar-refractivity contribution is 5.82. The van der Waals surface area contributed by atoms with E-state index in [-0.39, 0.29) is 11.9 Å². The summed E-state index contributed by atoms with van der Waals surface area (Å²) in [7, 11) is 0. The molecule has 0 aromatic carbocycles. The molecule has 1 amide bonds. The summed E-state index contributed by atoms with van der Waals surface area (Å²) in [5.74, 6) is 1.27. The maximum atomic E-state index is 11.7. The van der Waals surface area contributed by atoms with Crippen molar-refractivity contribution < 1.29 is 9.21 Å². The summed E-state index contributed by atoms with van der Waals surface area (Å²) in [6.07, 6.45) is 2.68. The zero-order chi connectivity index (χ0) is 10.7. The van der Waals surface area contributed by atoms with Crippen molar-refractivity contribution in [3.63, 3.8) is 0 Å². The van der Waals surface area contributed by atoms with Gasteiger partial charge in [0.2, 0.25) is 5.91 Å². The number of rotatable bonds is 3. The van der Waals surface area contributed by atoms with Gasteiger partial charge in [-0.1, -0.05) is 6.92 Å². The molecule has 0 saturated carbocycles. The van der Waals surface area contributed by atoms with Crippen LogP contribution in [-0.2, 0) is 11.3 Å². The average molecular weight is 208 g/mol. The minimum absolute atomic E-state index is 0.0417. The Hall–Kier alpha value is -1.29. The Balaban J connectivity index is 1.82. The Bertz CT molecular complexity index is 321. The molecule has 0 radical (unpaired) electrons. The first-order valence-electron chi connectivity index (χ1n) is 5.31. The molecule has 82 valence electrons.